The monoisotopic (exact) mass is 201 g/mol. The summed E-state index contributed by atoms with van der Waals surface area (Å²) in [4.78, 5) is 0. The van der Waals surface area contributed by atoms with Crippen LogP contribution in [0.4, 0.5) is 0 Å². The van der Waals surface area contributed by atoms with Crippen molar-refractivity contribution in [2.45, 2.75) is 47.1 Å². The van der Waals surface area contributed by atoms with E-state index in [1.165, 1.54) is 0 Å². The van der Waals surface area contributed by atoms with E-state index in [0.29, 0.717) is 17.9 Å². The first-order valence-electron chi connectivity index (χ1n) is 5.94. The highest BCUT2D eigenvalue weighted by molar-refractivity contribution is 4.74. The van der Waals surface area contributed by atoms with E-state index in [0.717, 1.165) is 26.2 Å². The molecule has 0 aromatic carbocycles. The lowest BCUT2D eigenvalue weighted by atomic mass is 9.91. The van der Waals surface area contributed by atoms with Crippen LogP contribution in [0, 0.1) is 11.8 Å². The number of nitrogens with one attached hydrogen (secondary N) is 1. The molecule has 1 N–H and O–H groups in total. The zero-order valence-electron chi connectivity index (χ0n) is 10.5. The highest BCUT2D eigenvalue weighted by atomic mass is 16.5. The van der Waals surface area contributed by atoms with Crippen LogP contribution < -0.4 is 5.32 Å². The molecule has 0 bridgehead atoms. The summed E-state index contributed by atoms with van der Waals surface area (Å²) in [6, 6.07) is 0.506. The van der Waals surface area contributed by atoms with Gasteiger partial charge in [0.15, 0.2) is 0 Å². The first-order chi connectivity index (χ1) is 6.63. The molecule has 0 aliphatic heterocycles. The summed E-state index contributed by atoms with van der Waals surface area (Å²) in [5, 5.41) is 3.50. The molecule has 0 amide bonds. The van der Waals surface area contributed by atoms with Crippen LogP contribution in [0.3, 0.4) is 0 Å². The molecule has 86 valence electrons. The van der Waals surface area contributed by atoms with E-state index in [-0.39, 0.29) is 0 Å². The van der Waals surface area contributed by atoms with E-state index in [2.05, 4.69) is 39.9 Å². The third kappa shape index (κ3) is 5.61. The highest BCUT2D eigenvalue weighted by Gasteiger charge is 2.18. The lowest BCUT2D eigenvalue weighted by Crippen LogP contribution is -2.40. The van der Waals surface area contributed by atoms with Crippen LogP contribution in [-0.2, 0) is 4.74 Å². The van der Waals surface area contributed by atoms with Crippen molar-refractivity contribution in [3.63, 3.8) is 0 Å². The van der Waals surface area contributed by atoms with Crippen LogP contribution in [0.15, 0.2) is 0 Å². The van der Waals surface area contributed by atoms with Gasteiger partial charge in [-0.1, -0.05) is 34.6 Å². The highest BCUT2D eigenvalue weighted by Crippen LogP contribution is 2.14. The van der Waals surface area contributed by atoms with Crippen molar-refractivity contribution >= 4 is 0 Å². The number of rotatable bonds is 8. The third-order valence-electron chi connectivity index (χ3n) is 2.80. The third-order valence-corrected chi connectivity index (χ3v) is 2.80. The molecular weight excluding hydrogens is 174 g/mol. The number of ether oxygens (including phenoxy) is 1. The van der Waals surface area contributed by atoms with Crippen LogP contribution in [0.25, 0.3) is 0 Å². The zero-order chi connectivity index (χ0) is 11.0. The van der Waals surface area contributed by atoms with Crippen molar-refractivity contribution in [3.8, 4) is 0 Å². The first-order valence-corrected chi connectivity index (χ1v) is 5.94. The maximum Gasteiger partial charge on any atom is 0.0622 e. The minimum Gasteiger partial charge on any atom is -0.380 e. The fourth-order valence-corrected chi connectivity index (χ4v) is 1.48. The summed E-state index contributed by atoms with van der Waals surface area (Å²) in [6.45, 7) is 13.9. The van der Waals surface area contributed by atoms with Crippen molar-refractivity contribution in [2.75, 3.05) is 19.8 Å². The minimum atomic E-state index is 0.506. The standard InChI is InChI=1S/C12H27NO/c1-6-8-14-9-12(13-7-2)11(5)10(3)4/h10-13H,6-9H2,1-5H3. The van der Waals surface area contributed by atoms with Gasteiger partial charge >= 0.3 is 0 Å². The van der Waals surface area contributed by atoms with Gasteiger partial charge in [0, 0.05) is 12.6 Å². The lowest BCUT2D eigenvalue weighted by Gasteiger charge is -2.27. The number of hydrogen-bond acceptors (Lipinski definition) is 2. The maximum absolute atomic E-state index is 5.61. The average molecular weight is 201 g/mol. The van der Waals surface area contributed by atoms with Crippen LogP contribution in [0.5, 0.6) is 0 Å². The first kappa shape index (κ1) is 13.9. The van der Waals surface area contributed by atoms with Crippen molar-refractivity contribution in [2.24, 2.45) is 11.8 Å². The fourth-order valence-electron chi connectivity index (χ4n) is 1.48. The maximum atomic E-state index is 5.61. The molecule has 0 rings (SSSR count). The molecule has 2 unspecified atom stereocenters. The molecule has 0 saturated carbocycles. The Morgan fingerprint density at radius 3 is 2.21 bits per heavy atom. The summed E-state index contributed by atoms with van der Waals surface area (Å²) < 4.78 is 5.61. The molecule has 0 aromatic heterocycles. The predicted octanol–water partition coefficient (Wildman–Crippen LogP) is 2.68. The van der Waals surface area contributed by atoms with Crippen molar-refractivity contribution < 1.29 is 4.74 Å². The summed E-state index contributed by atoms with van der Waals surface area (Å²) in [6.07, 6.45) is 1.11. The van der Waals surface area contributed by atoms with Crippen LogP contribution >= 0.6 is 0 Å². The fraction of sp³-hybridized carbons (Fsp3) is 1.00. The van der Waals surface area contributed by atoms with Gasteiger partial charge in [0.25, 0.3) is 0 Å². The normalized spacial score (nSPS) is 15.9. The van der Waals surface area contributed by atoms with Gasteiger partial charge in [0.05, 0.1) is 6.61 Å². The van der Waals surface area contributed by atoms with E-state index in [4.69, 9.17) is 4.74 Å². The summed E-state index contributed by atoms with van der Waals surface area (Å²) >= 11 is 0. The Hall–Kier alpha value is -0.0800. The lowest BCUT2D eigenvalue weighted by molar-refractivity contribution is 0.0880. The Labute approximate surface area is 89.4 Å². The van der Waals surface area contributed by atoms with E-state index in [1.54, 1.807) is 0 Å². The molecule has 14 heavy (non-hydrogen) atoms. The Bertz CT molecular complexity index is 125. The molecule has 0 aromatic rings. The second-order valence-corrected chi connectivity index (χ2v) is 4.34. The van der Waals surface area contributed by atoms with Gasteiger partial charge < -0.3 is 10.1 Å². The van der Waals surface area contributed by atoms with E-state index in [9.17, 15) is 0 Å². The number of hydrogen-bond donors (Lipinski definition) is 1. The topological polar surface area (TPSA) is 21.3 Å². The van der Waals surface area contributed by atoms with Gasteiger partial charge in [-0.15, -0.1) is 0 Å². The summed E-state index contributed by atoms with van der Waals surface area (Å²) in [5.41, 5.74) is 0. The molecule has 0 saturated heterocycles. The Morgan fingerprint density at radius 1 is 1.14 bits per heavy atom. The molecule has 0 spiro atoms. The molecular formula is C12H27NO. The van der Waals surface area contributed by atoms with E-state index >= 15 is 0 Å². The molecule has 0 aliphatic rings. The Balaban J connectivity index is 3.87. The zero-order valence-corrected chi connectivity index (χ0v) is 10.5. The van der Waals surface area contributed by atoms with E-state index < -0.39 is 0 Å². The minimum absolute atomic E-state index is 0.506. The second-order valence-electron chi connectivity index (χ2n) is 4.34. The molecule has 2 heteroatoms. The van der Waals surface area contributed by atoms with Gasteiger partial charge in [0.1, 0.15) is 0 Å². The van der Waals surface area contributed by atoms with Gasteiger partial charge in [-0.05, 0) is 24.8 Å². The smallest absolute Gasteiger partial charge is 0.0622 e. The van der Waals surface area contributed by atoms with E-state index in [1.807, 2.05) is 0 Å². The summed E-state index contributed by atoms with van der Waals surface area (Å²) in [7, 11) is 0. The SMILES string of the molecule is CCCOCC(NCC)C(C)C(C)C. The predicted molar refractivity (Wildman–Crippen MR) is 62.6 cm³/mol. The quantitative estimate of drug-likeness (QED) is 0.610. The van der Waals surface area contributed by atoms with Gasteiger partial charge in [-0.25, -0.2) is 0 Å². The van der Waals surface area contributed by atoms with Crippen molar-refractivity contribution in [1.29, 1.82) is 0 Å². The van der Waals surface area contributed by atoms with Crippen LogP contribution in [0.1, 0.15) is 41.0 Å². The molecule has 0 radical (unpaired) electrons. The van der Waals surface area contributed by atoms with Gasteiger partial charge in [0.2, 0.25) is 0 Å². The van der Waals surface area contributed by atoms with Gasteiger partial charge in [-0.3, -0.25) is 0 Å². The van der Waals surface area contributed by atoms with Crippen molar-refractivity contribution in [1.82, 2.24) is 5.32 Å². The molecule has 0 heterocycles. The van der Waals surface area contributed by atoms with Crippen LogP contribution in [-0.4, -0.2) is 25.8 Å². The molecule has 2 atom stereocenters. The van der Waals surface area contributed by atoms with Crippen LogP contribution in [0.2, 0.25) is 0 Å². The number of likely N-dealkylation sites (N-methyl/N-ethyl adjacent to an activating group) is 1. The largest absolute Gasteiger partial charge is 0.380 e. The average Bonchev–Trinajstić information content (AvgIpc) is 2.15. The molecule has 0 aliphatic carbocycles. The van der Waals surface area contributed by atoms with Gasteiger partial charge in [-0.2, -0.15) is 0 Å². The molecule has 0 fully saturated rings. The summed E-state index contributed by atoms with van der Waals surface area (Å²) in [5.74, 6) is 1.39. The Kier molecular flexibility index (Phi) is 8.20. The van der Waals surface area contributed by atoms with Crippen molar-refractivity contribution in [3.05, 3.63) is 0 Å². The second kappa shape index (κ2) is 8.25. The molecule has 2 nitrogen and oxygen atoms in total. The Morgan fingerprint density at radius 2 is 1.79 bits per heavy atom.